The maximum atomic E-state index is 13.1. The molecular weight excluding hydrogens is 475 g/mol. The monoisotopic (exact) mass is 503 g/mol. The van der Waals surface area contributed by atoms with Gasteiger partial charge in [0.1, 0.15) is 0 Å². The van der Waals surface area contributed by atoms with E-state index in [-0.39, 0.29) is 11.9 Å². The van der Waals surface area contributed by atoms with Crippen LogP contribution in [0.4, 0.5) is 18.0 Å². The van der Waals surface area contributed by atoms with Crippen molar-refractivity contribution < 1.29 is 22.8 Å². The Labute approximate surface area is 207 Å². The summed E-state index contributed by atoms with van der Waals surface area (Å²) < 4.78 is 38.2. The first-order chi connectivity index (χ1) is 17.0. The summed E-state index contributed by atoms with van der Waals surface area (Å²) in [6.45, 7) is 8.01. The quantitative estimate of drug-likeness (QED) is 0.693. The highest BCUT2D eigenvalue weighted by Gasteiger charge is 2.37. The van der Waals surface area contributed by atoms with Crippen LogP contribution in [0.2, 0.25) is 0 Å². The van der Waals surface area contributed by atoms with Crippen molar-refractivity contribution in [2.75, 3.05) is 32.7 Å². The van der Waals surface area contributed by atoms with Gasteiger partial charge in [0.25, 0.3) is 0 Å². The van der Waals surface area contributed by atoms with Crippen molar-refractivity contribution in [2.45, 2.75) is 39.0 Å². The van der Waals surface area contributed by atoms with E-state index in [0.29, 0.717) is 38.3 Å². The number of hydrogen-bond acceptors (Lipinski definition) is 6. The number of amides is 3. The van der Waals surface area contributed by atoms with Gasteiger partial charge in [0.05, 0.1) is 24.3 Å². The molecule has 12 heteroatoms. The Hall–Kier alpha value is -3.54. The fourth-order valence-electron chi connectivity index (χ4n) is 4.28. The molecule has 2 aliphatic rings. The Morgan fingerprint density at radius 2 is 1.67 bits per heavy atom. The van der Waals surface area contributed by atoms with Crippen LogP contribution in [0.1, 0.15) is 42.4 Å². The Morgan fingerprint density at radius 1 is 1.06 bits per heavy atom. The lowest BCUT2D eigenvalue weighted by molar-refractivity contribution is -0.145. The number of aromatic nitrogens is 2. The van der Waals surface area contributed by atoms with Gasteiger partial charge >= 0.3 is 12.2 Å². The average molecular weight is 504 g/mol. The Kier molecular flexibility index (Phi) is 7.25. The zero-order valence-corrected chi connectivity index (χ0v) is 20.3. The number of halogens is 3. The lowest BCUT2D eigenvalue weighted by Crippen LogP contribution is -2.54. The third-order valence-electron chi connectivity index (χ3n) is 6.44. The SMILES string of the molecule is CC(=O)N1CCN(C2CN(C(=O)N[C@H](C)c3cnc(C(F)(F)F)nc3)N=C2c2ccc(C)cc2)CC1. The predicted molar refractivity (Wildman–Crippen MR) is 126 cm³/mol. The van der Waals surface area contributed by atoms with Gasteiger partial charge in [-0.15, -0.1) is 0 Å². The number of nitrogens with one attached hydrogen (secondary N) is 1. The molecule has 36 heavy (non-hydrogen) atoms. The van der Waals surface area contributed by atoms with Crippen LogP contribution in [-0.4, -0.2) is 81.2 Å². The van der Waals surface area contributed by atoms with E-state index in [1.807, 2.05) is 31.2 Å². The van der Waals surface area contributed by atoms with Crippen LogP contribution in [0, 0.1) is 6.92 Å². The summed E-state index contributed by atoms with van der Waals surface area (Å²) in [6, 6.07) is 6.65. The number of urea groups is 1. The molecule has 0 saturated carbocycles. The summed E-state index contributed by atoms with van der Waals surface area (Å²) >= 11 is 0. The summed E-state index contributed by atoms with van der Waals surface area (Å²) in [6.07, 6.45) is -2.52. The molecule has 3 amide bonds. The molecule has 2 atom stereocenters. The minimum Gasteiger partial charge on any atom is -0.340 e. The number of hydrazone groups is 1. The molecule has 0 aliphatic carbocycles. The van der Waals surface area contributed by atoms with Gasteiger partial charge in [0.2, 0.25) is 11.7 Å². The topological polar surface area (TPSA) is 94.0 Å². The predicted octanol–water partition coefficient (Wildman–Crippen LogP) is 2.83. The van der Waals surface area contributed by atoms with Crippen molar-refractivity contribution in [1.82, 2.24) is 30.1 Å². The summed E-state index contributed by atoms with van der Waals surface area (Å²) in [5.41, 5.74) is 3.10. The molecule has 4 rings (SSSR count). The van der Waals surface area contributed by atoms with Crippen LogP contribution >= 0.6 is 0 Å². The molecule has 1 aromatic carbocycles. The Balaban J connectivity index is 1.49. The van der Waals surface area contributed by atoms with Crippen LogP contribution in [0.25, 0.3) is 0 Å². The van der Waals surface area contributed by atoms with E-state index in [2.05, 4.69) is 25.3 Å². The Bertz CT molecular complexity index is 1130. The summed E-state index contributed by atoms with van der Waals surface area (Å²) in [5.74, 6) is -1.19. The molecule has 2 aromatic rings. The number of hydrogen-bond donors (Lipinski definition) is 1. The molecule has 192 valence electrons. The van der Waals surface area contributed by atoms with Gasteiger partial charge in [-0.25, -0.2) is 19.8 Å². The molecule has 0 radical (unpaired) electrons. The molecule has 1 aromatic heterocycles. The van der Waals surface area contributed by atoms with Gasteiger partial charge in [-0.2, -0.15) is 18.3 Å². The normalized spacial score (nSPS) is 19.7. The Morgan fingerprint density at radius 3 is 2.22 bits per heavy atom. The highest BCUT2D eigenvalue weighted by molar-refractivity contribution is 6.06. The molecule has 0 bridgehead atoms. The number of benzene rings is 1. The number of carbonyl (C=O) groups is 2. The fourth-order valence-corrected chi connectivity index (χ4v) is 4.28. The smallest absolute Gasteiger partial charge is 0.340 e. The van der Waals surface area contributed by atoms with Crippen LogP contribution in [0.3, 0.4) is 0 Å². The van der Waals surface area contributed by atoms with Crippen molar-refractivity contribution in [3.05, 3.63) is 59.2 Å². The minimum atomic E-state index is -4.63. The largest absolute Gasteiger partial charge is 0.451 e. The zero-order chi connectivity index (χ0) is 26.0. The first kappa shape index (κ1) is 25.5. The van der Waals surface area contributed by atoms with Gasteiger partial charge < -0.3 is 10.2 Å². The number of piperazine rings is 1. The molecular formula is C24H28F3N7O2. The molecule has 2 aliphatic heterocycles. The summed E-state index contributed by atoms with van der Waals surface area (Å²) in [4.78, 5) is 35.5. The zero-order valence-electron chi connectivity index (χ0n) is 20.3. The molecule has 3 heterocycles. The number of nitrogens with zero attached hydrogens (tertiary/aromatic N) is 6. The third kappa shape index (κ3) is 5.64. The van der Waals surface area contributed by atoms with E-state index in [4.69, 9.17) is 0 Å². The van der Waals surface area contributed by atoms with E-state index in [1.165, 1.54) is 5.01 Å². The van der Waals surface area contributed by atoms with Crippen LogP contribution in [0.5, 0.6) is 0 Å². The summed E-state index contributed by atoms with van der Waals surface area (Å²) in [5, 5.41) is 8.74. The number of alkyl halides is 3. The van der Waals surface area contributed by atoms with Gasteiger partial charge in [-0.05, 0) is 19.4 Å². The molecule has 0 spiro atoms. The molecule has 1 unspecified atom stereocenters. The van der Waals surface area contributed by atoms with Gasteiger partial charge in [0.15, 0.2) is 0 Å². The molecule has 1 fully saturated rings. The standard InChI is InChI=1S/C24H28F3N7O2/c1-15-4-6-18(7-5-15)21-20(33-10-8-32(9-11-33)17(3)35)14-34(31-21)23(36)30-16(2)19-12-28-22(29-13-19)24(25,26)27/h4-7,12-13,16,20H,8-11,14H2,1-3H3,(H,30,36)/t16-,20?/m1/s1. The van der Waals surface area contributed by atoms with Crippen molar-refractivity contribution in [3.8, 4) is 0 Å². The highest BCUT2D eigenvalue weighted by Crippen LogP contribution is 2.26. The van der Waals surface area contributed by atoms with Crippen molar-refractivity contribution in [3.63, 3.8) is 0 Å². The molecule has 9 nitrogen and oxygen atoms in total. The van der Waals surface area contributed by atoms with Crippen molar-refractivity contribution >= 4 is 17.6 Å². The van der Waals surface area contributed by atoms with Gasteiger partial charge in [-0.3, -0.25) is 9.69 Å². The van der Waals surface area contributed by atoms with Crippen molar-refractivity contribution in [2.24, 2.45) is 5.10 Å². The van der Waals surface area contributed by atoms with Crippen molar-refractivity contribution in [1.29, 1.82) is 0 Å². The lowest BCUT2D eigenvalue weighted by atomic mass is 10.0. The number of rotatable bonds is 4. The average Bonchev–Trinajstić information content (AvgIpc) is 3.30. The molecule has 1 N–H and O–H groups in total. The van der Waals surface area contributed by atoms with E-state index >= 15 is 0 Å². The second-order valence-corrected chi connectivity index (χ2v) is 9.00. The maximum absolute atomic E-state index is 13.1. The first-order valence-corrected chi connectivity index (χ1v) is 11.6. The van der Waals surface area contributed by atoms with Crippen LogP contribution in [-0.2, 0) is 11.0 Å². The highest BCUT2D eigenvalue weighted by atomic mass is 19.4. The van der Waals surface area contributed by atoms with E-state index < -0.39 is 24.1 Å². The summed E-state index contributed by atoms with van der Waals surface area (Å²) in [7, 11) is 0. The number of carbonyl (C=O) groups excluding carboxylic acids is 2. The van der Waals surface area contributed by atoms with Crippen LogP contribution < -0.4 is 5.32 Å². The van der Waals surface area contributed by atoms with E-state index in [9.17, 15) is 22.8 Å². The third-order valence-corrected chi connectivity index (χ3v) is 6.44. The second kappa shape index (κ2) is 10.2. The maximum Gasteiger partial charge on any atom is 0.451 e. The van der Waals surface area contributed by atoms with Gasteiger partial charge in [-0.1, -0.05) is 29.8 Å². The number of aryl methyl sites for hydroxylation is 1. The minimum absolute atomic E-state index is 0.0377. The van der Waals surface area contributed by atoms with Gasteiger partial charge in [0, 0.05) is 51.1 Å². The first-order valence-electron chi connectivity index (χ1n) is 11.6. The van der Waals surface area contributed by atoms with E-state index in [1.54, 1.807) is 18.7 Å². The van der Waals surface area contributed by atoms with Crippen LogP contribution in [0.15, 0.2) is 41.8 Å². The molecule has 1 saturated heterocycles. The second-order valence-electron chi connectivity index (χ2n) is 9.00. The lowest BCUT2D eigenvalue weighted by Gasteiger charge is -2.37. The van der Waals surface area contributed by atoms with E-state index in [0.717, 1.165) is 29.2 Å². The fraction of sp³-hybridized carbons (Fsp3) is 0.458.